The largest absolute Gasteiger partial charge is 0.361 e. The lowest BCUT2D eigenvalue weighted by Crippen LogP contribution is -2.32. The molecule has 4 heteroatoms. The van der Waals surface area contributed by atoms with E-state index in [4.69, 9.17) is 0 Å². The first kappa shape index (κ1) is 13.6. The third-order valence-corrected chi connectivity index (χ3v) is 5.66. The van der Waals surface area contributed by atoms with Gasteiger partial charge in [-0.2, -0.15) is 0 Å². The molecule has 112 valence electrons. The van der Waals surface area contributed by atoms with Crippen molar-refractivity contribution in [2.24, 2.45) is 0 Å². The highest BCUT2D eigenvalue weighted by molar-refractivity contribution is 7.10. The molecular weight excluding hydrogens is 292 g/mol. The highest BCUT2D eigenvalue weighted by Gasteiger charge is 2.45. The standard InChI is InChI=1S/C18H18N2OS/c21-17(10-13-11-19-15-5-2-1-4-14(13)15)20-12-18(7-8-18)16-6-3-9-22-16/h1-6,9,11,19H,7-8,10,12H2,(H,20,21). The van der Waals surface area contributed by atoms with E-state index in [0.717, 1.165) is 23.0 Å². The van der Waals surface area contributed by atoms with Crippen molar-refractivity contribution in [3.63, 3.8) is 0 Å². The van der Waals surface area contributed by atoms with Gasteiger partial charge in [0, 0.05) is 33.9 Å². The van der Waals surface area contributed by atoms with E-state index < -0.39 is 0 Å². The Hall–Kier alpha value is -2.07. The summed E-state index contributed by atoms with van der Waals surface area (Å²) in [5, 5.41) is 6.38. The van der Waals surface area contributed by atoms with Crippen LogP contribution < -0.4 is 5.32 Å². The molecule has 0 aliphatic heterocycles. The van der Waals surface area contributed by atoms with E-state index in [1.165, 1.54) is 17.7 Å². The quantitative estimate of drug-likeness (QED) is 0.743. The van der Waals surface area contributed by atoms with E-state index in [1.807, 2.05) is 24.4 Å². The van der Waals surface area contributed by atoms with Gasteiger partial charge in [-0.05, 0) is 35.9 Å². The number of fused-ring (bicyclic) bond motifs is 1. The number of thiophene rings is 1. The van der Waals surface area contributed by atoms with Gasteiger partial charge in [0.25, 0.3) is 0 Å². The van der Waals surface area contributed by atoms with Crippen LogP contribution in [0.2, 0.25) is 0 Å². The molecule has 22 heavy (non-hydrogen) atoms. The summed E-state index contributed by atoms with van der Waals surface area (Å²) in [7, 11) is 0. The van der Waals surface area contributed by atoms with Crippen LogP contribution in [0.1, 0.15) is 23.3 Å². The van der Waals surface area contributed by atoms with Crippen LogP contribution in [0.5, 0.6) is 0 Å². The maximum Gasteiger partial charge on any atom is 0.224 e. The minimum atomic E-state index is 0.104. The molecule has 0 bridgehead atoms. The topological polar surface area (TPSA) is 44.9 Å². The summed E-state index contributed by atoms with van der Waals surface area (Å²) in [6, 6.07) is 12.4. The molecule has 1 saturated carbocycles. The van der Waals surface area contributed by atoms with E-state index in [9.17, 15) is 4.79 Å². The molecule has 3 aromatic rings. The van der Waals surface area contributed by atoms with Crippen LogP contribution in [0.25, 0.3) is 10.9 Å². The zero-order valence-electron chi connectivity index (χ0n) is 12.3. The molecule has 2 aromatic heterocycles. The van der Waals surface area contributed by atoms with Gasteiger partial charge in [0.2, 0.25) is 5.91 Å². The second kappa shape index (κ2) is 5.29. The second-order valence-electron chi connectivity index (χ2n) is 6.07. The predicted molar refractivity (Wildman–Crippen MR) is 90.2 cm³/mol. The van der Waals surface area contributed by atoms with Crippen molar-refractivity contribution >= 4 is 28.1 Å². The van der Waals surface area contributed by atoms with Crippen molar-refractivity contribution in [2.75, 3.05) is 6.54 Å². The van der Waals surface area contributed by atoms with Gasteiger partial charge in [0.15, 0.2) is 0 Å². The summed E-state index contributed by atoms with van der Waals surface area (Å²) in [6.07, 6.45) is 4.74. The minimum Gasteiger partial charge on any atom is -0.361 e. The van der Waals surface area contributed by atoms with E-state index >= 15 is 0 Å². The van der Waals surface area contributed by atoms with Gasteiger partial charge in [-0.25, -0.2) is 0 Å². The smallest absolute Gasteiger partial charge is 0.224 e. The molecule has 0 spiro atoms. The number of hydrogen-bond donors (Lipinski definition) is 2. The lowest BCUT2D eigenvalue weighted by Gasteiger charge is -2.14. The molecule has 3 nitrogen and oxygen atoms in total. The number of rotatable bonds is 5. The van der Waals surface area contributed by atoms with E-state index in [0.29, 0.717) is 6.42 Å². The minimum absolute atomic E-state index is 0.104. The Kier molecular flexibility index (Phi) is 3.26. The van der Waals surface area contributed by atoms with Gasteiger partial charge in [0.1, 0.15) is 0 Å². The molecule has 1 amide bonds. The van der Waals surface area contributed by atoms with Gasteiger partial charge in [-0.3, -0.25) is 4.79 Å². The van der Waals surface area contributed by atoms with Crippen molar-refractivity contribution in [1.82, 2.24) is 10.3 Å². The number of carbonyl (C=O) groups is 1. The monoisotopic (exact) mass is 310 g/mol. The summed E-state index contributed by atoms with van der Waals surface area (Å²) in [5.41, 5.74) is 2.36. The molecular formula is C18H18N2OS. The number of aromatic nitrogens is 1. The predicted octanol–water partition coefficient (Wildman–Crippen LogP) is 3.62. The van der Waals surface area contributed by atoms with Crippen LogP contribution in [0.15, 0.2) is 48.0 Å². The van der Waals surface area contributed by atoms with Crippen molar-refractivity contribution < 1.29 is 4.79 Å². The maximum atomic E-state index is 12.3. The first-order chi connectivity index (χ1) is 10.8. The second-order valence-corrected chi connectivity index (χ2v) is 7.02. The highest BCUT2D eigenvalue weighted by Crippen LogP contribution is 2.49. The fourth-order valence-electron chi connectivity index (χ4n) is 3.02. The summed E-state index contributed by atoms with van der Waals surface area (Å²) in [6.45, 7) is 0.759. The Morgan fingerprint density at radius 3 is 2.86 bits per heavy atom. The Bertz CT molecular complexity index is 799. The van der Waals surface area contributed by atoms with Gasteiger partial charge in [-0.1, -0.05) is 24.3 Å². The Morgan fingerprint density at radius 1 is 1.23 bits per heavy atom. The lowest BCUT2D eigenvalue weighted by atomic mass is 10.0. The van der Waals surface area contributed by atoms with Crippen LogP contribution in [-0.4, -0.2) is 17.4 Å². The molecule has 1 aliphatic carbocycles. The number of para-hydroxylation sites is 1. The summed E-state index contributed by atoms with van der Waals surface area (Å²) in [5.74, 6) is 0.104. The van der Waals surface area contributed by atoms with Gasteiger partial charge < -0.3 is 10.3 Å². The Morgan fingerprint density at radius 2 is 2.09 bits per heavy atom. The third-order valence-electron chi connectivity index (χ3n) is 4.55. The van der Waals surface area contributed by atoms with E-state index in [-0.39, 0.29) is 11.3 Å². The first-order valence-corrected chi connectivity index (χ1v) is 8.50. The van der Waals surface area contributed by atoms with E-state index in [1.54, 1.807) is 11.3 Å². The fourth-order valence-corrected chi connectivity index (χ4v) is 4.01. The molecule has 1 aliphatic rings. The maximum absolute atomic E-state index is 12.3. The number of amides is 1. The van der Waals surface area contributed by atoms with Crippen LogP contribution >= 0.6 is 11.3 Å². The number of H-pyrrole nitrogens is 1. The SMILES string of the molecule is O=C(Cc1c[nH]c2ccccc12)NCC1(c2cccs2)CC1. The number of benzene rings is 1. The molecule has 1 aromatic carbocycles. The molecule has 4 rings (SSSR count). The molecule has 2 N–H and O–H groups in total. The number of carbonyl (C=O) groups excluding carboxylic acids is 1. The summed E-state index contributed by atoms with van der Waals surface area (Å²) < 4.78 is 0. The highest BCUT2D eigenvalue weighted by atomic mass is 32.1. The van der Waals surface area contributed by atoms with Crippen molar-refractivity contribution in [3.05, 3.63) is 58.4 Å². The van der Waals surface area contributed by atoms with Crippen molar-refractivity contribution in [3.8, 4) is 0 Å². The number of nitrogens with one attached hydrogen (secondary N) is 2. The lowest BCUT2D eigenvalue weighted by molar-refractivity contribution is -0.120. The average molecular weight is 310 g/mol. The summed E-state index contributed by atoms with van der Waals surface area (Å²) in [4.78, 5) is 16.9. The van der Waals surface area contributed by atoms with Crippen molar-refractivity contribution in [1.29, 1.82) is 0 Å². The molecule has 0 atom stereocenters. The van der Waals surface area contributed by atoms with Gasteiger partial charge in [-0.15, -0.1) is 11.3 Å². The van der Waals surface area contributed by atoms with Crippen LogP contribution in [0, 0.1) is 0 Å². The van der Waals surface area contributed by atoms with Crippen molar-refractivity contribution in [2.45, 2.75) is 24.7 Å². The molecule has 1 fully saturated rings. The summed E-state index contributed by atoms with van der Waals surface area (Å²) >= 11 is 1.79. The molecule has 0 unspecified atom stereocenters. The van der Waals surface area contributed by atoms with Crippen LogP contribution in [0.3, 0.4) is 0 Å². The first-order valence-electron chi connectivity index (χ1n) is 7.63. The zero-order valence-corrected chi connectivity index (χ0v) is 13.1. The molecule has 2 heterocycles. The fraction of sp³-hybridized carbons (Fsp3) is 0.278. The number of hydrogen-bond acceptors (Lipinski definition) is 2. The number of aromatic amines is 1. The normalized spacial score (nSPS) is 15.8. The van der Waals surface area contributed by atoms with E-state index in [2.05, 4.69) is 33.9 Å². The third kappa shape index (κ3) is 2.44. The van der Waals surface area contributed by atoms with Gasteiger partial charge >= 0.3 is 0 Å². The Labute approximate surface area is 133 Å². The Balaban J connectivity index is 1.41. The average Bonchev–Trinajstić information content (AvgIpc) is 2.97. The zero-order chi connectivity index (χ0) is 15.0. The van der Waals surface area contributed by atoms with Crippen LogP contribution in [-0.2, 0) is 16.6 Å². The molecule has 0 radical (unpaired) electrons. The van der Waals surface area contributed by atoms with Crippen LogP contribution in [0.4, 0.5) is 0 Å². The molecule has 0 saturated heterocycles. The van der Waals surface area contributed by atoms with Gasteiger partial charge in [0.05, 0.1) is 6.42 Å².